The van der Waals surface area contributed by atoms with Crippen LogP contribution in [0.15, 0.2) is 0 Å². The number of nitrogens with zero attached hydrogens (tertiary/aromatic N) is 1. The first-order valence-electron chi connectivity index (χ1n) is 10.6. The number of hydrogen-bond donors (Lipinski definition) is 1. The molecule has 0 radical (unpaired) electrons. The third-order valence-corrected chi connectivity index (χ3v) is 5.32. The summed E-state index contributed by atoms with van der Waals surface area (Å²) in [6, 6.07) is 0. The average Bonchev–Trinajstić information content (AvgIpc) is 2.59. The monoisotopic (exact) mass is 377 g/mol. The van der Waals surface area contributed by atoms with Crippen molar-refractivity contribution in [2.24, 2.45) is 5.41 Å². The van der Waals surface area contributed by atoms with Crippen LogP contribution in [0.1, 0.15) is 119 Å². The lowest BCUT2D eigenvalue weighted by atomic mass is 9.73. The van der Waals surface area contributed by atoms with E-state index < -0.39 is 6.10 Å². The highest BCUT2D eigenvalue weighted by Gasteiger charge is 2.36. The number of esters is 1. The molecule has 0 saturated carbocycles. The third-order valence-electron chi connectivity index (χ3n) is 5.32. The summed E-state index contributed by atoms with van der Waals surface area (Å²) in [5.74, 6) is -0.0625. The molecule has 0 fully saturated rings. The van der Waals surface area contributed by atoms with Crippen LogP contribution in [0.4, 0.5) is 0 Å². The van der Waals surface area contributed by atoms with Crippen LogP contribution in [0.25, 0.3) is 0 Å². The predicted molar refractivity (Wildman–Crippen MR) is 111 cm³/mol. The van der Waals surface area contributed by atoms with Gasteiger partial charge in [0, 0.05) is 17.2 Å². The smallest absolute Gasteiger partial charge is 0.340 e. The Kier molecular flexibility index (Phi) is 8.93. The van der Waals surface area contributed by atoms with E-state index in [4.69, 9.17) is 9.72 Å². The van der Waals surface area contributed by atoms with Crippen molar-refractivity contribution in [3.63, 3.8) is 0 Å². The Bertz CT molecular complexity index is 637. The van der Waals surface area contributed by atoms with E-state index in [0.29, 0.717) is 18.6 Å². The molecule has 4 nitrogen and oxygen atoms in total. The summed E-state index contributed by atoms with van der Waals surface area (Å²) in [5, 5.41) is 10.7. The molecule has 1 aromatic rings. The molecule has 0 spiro atoms. The van der Waals surface area contributed by atoms with E-state index in [2.05, 4.69) is 27.7 Å². The maximum atomic E-state index is 12.7. The fraction of sp³-hybridized carbons (Fsp3) is 0.739. The van der Waals surface area contributed by atoms with Gasteiger partial charge in [-0.15, -0.1) is 0 Å². The molecule has 0 aliphatic heterocycles. The van der Waals surface area contributed by atoms with Gasteiger partial charge in [-0.05, 0) is 50.5 Å². The van der Waals surface area contributed by atoms with Gasteiger partial charge < -0.3 is 9.84 Å². The van der Waals surface area contributed by atoms with Crippen LogP contribution in [-0.2, 0) is 11.2 Å². The van der Waals surface area contributed by atoms with Crippen molar-refractivity contribution >= 4 is 5.97 Å². The van der Waals surface area contributed by atoms with Crippen molar-refractivity contribution in [2.45, 2.75) is 99.5 Å². The molecule has 1 aliphatic carbocycles. The van der Waals surface area contributed by atoms with E-state index in [0.717, 1.165) is 48.2 Å². The number of hydrogen-bond acceptors (Lipinski definition) is 4. The summed E-state index contributed by atoms with van der Waals surface area (Å²) in [7, 11) is 0. The summed E-state index contributed by atoms with van der Waals surface area (Å²) in [4.78, 5) is 17.6. The van der Waals surface area contributed by atoms with Crippen LogP contribution >= 0.6 is 0 Å². The molecule has 1 N–H and O–H groups in total. The number of pyridine rings is 1. The Morgan fingerprint density at radius 3 is 2.44 bits per heavy atom. The molecule has 1 aromatic heterocycles. The van der Waals surface area contributed by atoms with E-state index in [1.165, 1.54) is 0 Å². The summed E-state index contributed by atoms with van der Waals surface area (Å²) >= 11 is 0. The SMILES string of the molecule is CC.CCCC(CC)c1nc2c(c(C)c1C(=O)OCC)C(O)CC(C)(C)C2. The Balaban J connectivity index is 0.00000176. The number of fused-ring (bicyclic) bond motifs is 1. The van der Waals surface area contributed by atoms with Crippen LogP contribution in [-0.4, -0.2) is 22.7 Å². The molecule has 1 aliphatic rings. The number of ether oxygens (including phenoxy) is 1. The fourth-order valence-electron chi connectivity index (χ4n) is 4.17. The highest BCUT2D eigenvalue weighted by molar-refractivity contribution is 5.93. The van der Waals surface area contributed by atoms with Gasteiger partial charge in [0.1, 0.15) is 0 Å². The Labute approximate surface area is 165 Å². The average molecular weight is 378 g/mol. The van der Waals surface area contributed by atoms with Crippen molar-refractivity contribution in [3.05, 3.63) is 28.1 Å². The van der Waals surface area contributed by atoms with Crippen molar-refractivity contribution in [2.75, 3.05) is 6.61 Å². The normalized spacial score (nSPS) is 18.8. The number of carbonyl (C=O) groups is 1. The number of aliphatic hydroxyl groups excluding tert-OH is 1. The van der Waals surface area contributed by atoms with Gasteiger partial charge in [0.05, 0.1) is 24.0 Å². The summed E-state index contributed by atoms with van der Waals surface area (Å²) in [6.07, 6.45) is 3.94. The first-order chi connectivity index (χ1) is 12.8. The van der Waals surface area contributed by atoms with Gasteiger partial charge in [0.15, 0.2) is 0 Å². The van der Waals surface area contributed by atoms with E-state index >= 15 is 0 Å². The topological polar surface area (TPSA) is 59.4 Å². The molecule has 0 amide bonds. The predicted octanol–water partition coefficient (Wildman–Crippen LogP) is 5.89. The van der Waals surface area contributed by atoms with Gasteiger partial charge in [-0.2, -0.15) is 0 Å². The second kappa shape index (κ2) is 10.2. The quantitative estimate of drug-likeness (QED) is 0.628. The summed E-state index contributed by atoms with van der Waals surface area (Å²) < 4.78 is 5.33. The van der Waals surface area contributed by atoms with Crippen LogP contribution < -0.4 is 0 Å². The summed E-state index contributed by atoms with van der Waals surface area (Å²) in [5.41, 5.74) is 4.12. The van der Waals surface area contributed by atoms with Gasteiger partial charge in [-0.25, -0.2) is 4.79 Å². The number of aliphatic hydroxyl groups is 1. The minimum absolute atomic E-state index is 0.0149. The lowest BCUT2D eigenvalue weighted by Crippen LogP contribution is -2.29. The molecule has 27 heavy (non-hydrogen) atoms. The lowest BCUT2D eigenvalue weighted by Gasteiger charge is -2.36. The highest BCUT2D eigenvalue weighted by atomic mass is 16.5. The zero-order valence-electron chi connectivity index (χ0n) is 18.6. The molecular formula is C23H39NO3. The Morgan fingerprint density at radius 2 is 1.93 bits per heavy atom. The molecule has 0 aromatic carbocycles. The van der Waals surface area contributed by atoms with Crippen LogP contribution in [0.5, 0.6) is 0 Å². The molecular weight excluding hydrogens is 338 g/mol. The minimum atomic E-state index is -0.570. The molecule has 2 rings (SSSR count). The largest absolute Gasteiger partial charge is 0.462 e. The van der Waals surface area contributed by atoms with E-state index in [1.54, 1.807) is 0 Å². The molecule has 4 heteroatoms. The van der Waals surface area contributed by atoms with Gasteiger partial charge in [0.2, 0.25) is 0 Å². The second-order valence-electron chi connectivity index (χ2n) is 8.03. The highest BCUT2D eigenvalue weighted by Crippen LogP contribution is 2.43. The van der Waals surface area contributed by atoms with Crippen molar-refractivity contribution < 1.29 is 14.6 Å². The zero-order chi connectivity index (χ0) is 20.8. The minimum Gasteiger partial charge on any atom is -0.462 e. The van der Waals surface area contributed by atoms with Crippen LogP contribution in [0.2, 0.25) is 0 Å². The van der Waals surface area contributed by atoms with E-state index in [9.17, 15) is 9.90 Å². The Hall–Kier alpha value is -1.42. The molecule has 0 saturated heterocycles. The van der Waals surface area contributed by atoms with Gasteiger partial charge >= 0.3 is 5.97 Å². The van der Waals surface area contributed by atoms with Gasteiger partial charge in [-0.1, -0.05) is 48.0 Å². The van der Waals surface area contributed by atoms with E-state index in [-0.39, 0.29) is 17.3 Å². The first kappa shape index (κ1) is 23.6. The fourth-order valence-corrected chi connectivity index (χ4v) is 4.17. The lowest BCUT2D eigenvalue weighted by molar-refractivity contribution is 0.0521. The zero-order valence-corrected chi connectivity index (χ0v) is 18.6. The molecule has 0 bridgehead atoms. The maximum absolute atomic E-state index is 12.7. The molecule has 2 atom stereocenters. The number of carbonyl (C=O) groups excluding carboxylic acids is 1. The Morgan fingerprint density at radius 1 is 1.30 bits per heavy atom. The third kappa shape index (κ3) is 5.31. The second-order valence-corrected chi connectivity index (χ2v) is 8.03. The summed E-state index contributed by atoms with van der Waals surface area (Å²) in [6.45, 7) is 16.7. The van der Waals surface area contributed by atoms with Crippen LogP contribution in [0, 0.1) is 12.3 Å². The number of rotatable bonds is 6. The standard InChI is InChI=1S/C21H33NO3.C2H6/c1-7-10-14(8-2)19-18(20(24)25-9-3)13(4)17-15(22-19)11-21(5,6)12-16(17)23;1-2/h14,16,23H,7-12H2,1-6H3;1-2H3. The molecule has 1 heterocycles. The van der Waals surface area contributed by atoms with Gasteiger partial charge in [0.25, 0.3) is 0 Å². The van der Waals surface area contributed by atoms with E-state index in [1.807, 2.05) is 27.7 Å². The first-order valence-corrected chi connectivity index (χ1v) is 10.6. The molecule has 154 valence electrons. The maximum Gasteiger partial charge on any atom is 0.340 e. The van der Waals surface area contributed by atoms with Crippen molar-refractivity contribution in [1.29, 1.82) is 0 Å². The van der Waals surface area contributed by atoms with Crippen LogP contribution in [0.3, 0.4) is 0 Å². The molecule has 2 unspecified atom stereocenters. The number of aromatic nitrogens is 1. The van der Waals surface area contributed by atoms with Crippen molar-refractivity contribution in [3.8, 4) is 0 Å². The van der Waals surface area contributed by atoms with Gasteiger partial charge in [-0.3, -0.25) is 4.98 Å². The van der Waals surface area contributed by atoms with Crippen molar-refractivity contribution in [1.82, 2.24) is 4.98 Å².